The van der Waals surface area contributed by atoms with E-state index < -0.39 is 12.0 Å². The van der Waals surface area contributed by atoms with Gasteiger partial charge in [-0.2, -0.15) is 0 Å². The van der Waals surface area contributed by atoms with Crippen LogP contribution in [0.3, 0.4) is 0 Å². The molecule has 2 rings (SSSR count). The standard InChI is InChI=1S/C14H14N2O2/c1-10-7-12(9-15-8-10)16-13(14(17)18)11-5-3-2-4-6-11/h2-9,13,16H,1H3,(H,17,18). The molecule has 0 saturated heterocycles. The fourth-order valence-corrected chi connectivity index (χ4v) is 1.73. The summed E-state index contributed by atoms with van der Waals surface area (Å²) >= 11 is 0. The van der Waals surface area contributed by atoms with Gasteiger partial charge >= 0.3 is 5.97 Å². The molecule has 4 heteroatoms. The van der Waals surface area contributed by atoms with E-state index >= 15 is 0 Å². The fraction of sp³-hybridized carbons (Fsp3) is 0.143. The van der Waals surface area contributed by atoms with Gasteiger partial charge in [0.15, 0.2) is 6.04 Å². The first kappa shape index (κ1) is 12.1. The van der Waals surface area contributed by atoms with E-state index in [1.807, 2.05) is 31.2 Å². The molecule has 1 unspecified atom stereocenters. The van der Waals surface area contributed by atoms with Crippen LogP contribution in [0.2, 0.25) is 0 Å². The molecule has 2 N–H and O–H groups in total. The van der Waals surface area contributed by atoms with Crippen molar-refractivity contribution in [1.29, 1.82) is 0 Å². The molecule has 2 aromatic rings. The number of rotatable bonds is 4. The first-order valence-electron chi connectivity index (χ1n) is 5.63. The number of carbonyl (C=O) groups is 1. The zero-order chi connectivity index (χ0) is 13.0. The Kier molecular flexibility index (Phi) is 3.57. The number of benzene rings is 1. The van der Waals surface area contributed by atoms with Gasteiger partial charge in [0.05, 0.1) is 5.69 Å². The zero-order valence-electron chi connectivity index (χ0n) is 10.00. The second kappa shape index (κ2) is 5.31. The Bertz CT molecular complexity index is 541. The number of hydrogen-bond acceptors (Lipinski definition) is 3. The van der Waals surface area contributed by atoms with Crippen molar-refractivity contribution in [2.24, 2.45) is 0 Å². The van der Waals surface area contributed by atoms with E-state index in [1.54, 1.807) is 24.5 Å². The van der Waals surface area contributed by atoms with Crippen molar-refractivity contribution < 1.29 is 9.90 Å². The van der Waals surface area contributed by atoms with Crippen molar-refractivity contribution in [1.82, 2.24) is 4.98 Å². The van der Waals surface area contributed by atoms with Gasteiger partial charge in [0, 0.05) is 12.4 Å². The molecule has 0 aliphatic rings. The van der Waals surface area contributed by atoms with Crippen molar-refractivity contribution in [2.45, 2.75) is 13.0 Å². The Morgan fingerprint density at radius 1 is 1.28 bits per heavy atom. The van der Waals surface area contributed by atoms with Crippen LogP contribution in [0, 0.1) is 6.92 Å². The SMILES string of the molecule is Cc1cncc(NC(C(=O)O)c2ccccc2)c1. The van der Waals surface area contributed by atoms with Gasteiger partial charge in [-0.3, -0.25) is 4.98 Å². The molecule has 0 amide bonds. The van der Waals surface area contributed by atoms with Gasteiger partial charge in [-0.25, -0.2) is 4.79 Å². The lowest BCUT2D eigenvalue weighted by Gasteiger charge is -2.16. The first-order valence-corrected chi connectivity index (χ1v) is 5.63. The molecular formula is C14H14N2O2. The van der Waals surface area contributed by atoms with Gasteiger partial charge in [-0.1, -0.05) is 30.3 Å². The van der Waals surface area contributed by atoms with Crippen LogP contribution in [-0.2, 0) is 4.79 Å². The molecule has 0 aliphatic carbocycles. The molecule has 1 aromatic carbocycles. The van der Waals surface area contributed by atoms with Gasteiger partial charge in [0.1, 0.15) is 0 Å². The highest BCUT2D eigenvalue weighted by atomic mass is 16.4. The van der Waals surface area contributed by atoms with Gasteiger partial charge < -0.3 is 10.4 Å². The summed E-state index contributed by atoms with van der Waals surface area (Å²) in [5, 5.41) is 12.2. The molecule has 1 heterocycles. The number of hydrogen-bond donors (Lipinski definition) is 2. The Morgan fingerprint density at radius 2 is 2.00 bits per heavy atom. The second-order valence-electron chi connectivity index (χ2n) is 4.08. The largest absolute Gasteiger partial charge is 0.479 e. The molecule has 0 spiro atoms. The third-order valence-electron chi connectivity index (χ3n) is 2.57. The molecule has 1 aromatic heterocycles. The minimum atomic E-state index is -0.914. The summed E-state index contributed by atoms with van der Waals surface area (Å²) in [4.78, 5) is 15.3. The Hall–Kier alpha value is -2.36. The number of nitrogens with one attached hydrogen (secondary N) is 1. The maximum absolute atomic E-state index is 11.3. The highest BCUT2D eigenvalue weighted by Gasteiger charge is 2.19. The Morgan fingerprint density at radius 3 is 2.61 bits per heavy atom. The fourth-order valence-electron chi connectivity index (χ4n) is 1.73. The Labute approximate surface area is 105 Å². The van der Waals surface area contributed by atoms with E-state index in [-0.39, 0.29) is 0 Å². The molecule has 92 valence electrons. The normalized spacial score (nSPS) is 11.8. The maximum Gasteiger partial charge on any atom is 0.330 e. The van der Waals surface area contributed by atoms with Crippen molar-refractivity contribution in [3.8, 4) is 0 Å². The minimum absolute atomic E-state index is 0.700. The van der Waals surface area contributed by atoms with Crippen LogP contribution in [0.1, 0.15) is 17.2 Å². The van der Waals surface area contributed by atoms with E-state index in [9.17, 15) is 9.90 Å². The molecule has 4 nitrogen and oxygen atoms in total. The number of nitrogens with zero attached hydrogens (tertiary/aromatic N) is 1. The molecule has 0 radical (unpaired) electrons. The summed E-state index contributed by atoms with van der Waals surface area (Å²) < 4.78 is 0. The van der Waals surface area contributed by atoms with Crippen LogP contribution in [0.5, 0.6) is 0 Å². The third kappa shape index (κ3) is 2.85. The van der Waals surface area contributed by atoms with Crippen molar-refractivity contribution >= 4 is 11.7 Å². The average Bonchev–Trinajstić information content (AvgIpc) is 2.37. The number of pyridine rings is 1. The summed E-state index contributed by atoms with van der Waals surface area (Å²) in [5.74, 6) is -0.914. The van der Waals surface area contributed by atoms with Crippen LogP contribution in [-0.4, -0.2) is 16.1 Å². The maximum atomic E-state index is 11.3. The Balaban J connectivity index is 2.25. The van der Waals surface area contributed by atoms with Crippen LogP contribution in [0.4, 0.5) is 5.69 Å². The molecule has 18 heavy (non-hydrogen) atoms. The first-order chi connectivity index (χ1) is 8.66. The van der Waals surface area contributed by atoms with Crippen LogP contribution >= 0.6 is 0 Å². The number of carboxylic acids is 1. The quantitative estimate of drug-likeness (QED) is 0.865. The van der Waals surface area contributed by atoms with Gasteiger partial charge in [0.25, 0.3) is 0 Å². The average molecular weight is 242 g/mol. The van der Waals surface area contributed by atoms with E-state index in [0.717, 1.165) is 5.56 Å². The van der Waals surface area contributed by atoms with Crippen LogP contribution < -0.4 is 5.32 Å². The lowest BCUT2D eigenvalue weighted by molar-refractivity contribution is -0.138. The second-order valence-corrected chi connectivity index (χ2v) is 4.08. The van der Waals surface area contributed by atoms with Crippen molar-refractivity contribution in [3.63, 3.8) is 0 Å². The lowest BCUT2D eigenvalue weighted by atomic mass is 10.1. The highest BCUT2D eigenvalue weighted by Crippen LogP contribution is 2.19. The lowest BCUT2D eigenvalue weighted by Crippen LogP contribution is -2.20. The monoisotopic (exact) mass is 242 g/mol. The van der Waals surface area contributed by atoms with E-state index in [2.05, 4.69) is 10.3 Å². The van der Waals surface area contributed by atoms with Gasteiger partial charge in [0.2, 0.25) is 0 Å². The third-order valence-corrected chi connectivity index (χ3v) is 2.57. The smallest absolute Gasteiger partial charge is 0.330 e. The number of aliphatic carboxylic acids is 1. The molecule has 0 bridgehead atoms. The topological polar surface area (TPSA) is 62.2 Å². The van der Waals surface area contributed by atoms with E-state index in [0.29, 0.717) is 11.3 Å². The molecule has 1 atom stereocenters. The summed E-state index contributed by atoms with van der Waals surface area (Å²) in [6, 6.07) is 10.2. The van der Waals surface area contributed by atoms with Crippen LogP contribution in [0.15, 0.2) is 48.8 Å². The molecule has 0 fully saturated rings. The predicted molar refractivity (Wildman–Crippen MR) is 69.4 cm³/mol. The highest BCUT2D eigenvalue weighted by molar-refractivity contribution is 5.79. The summed E-state index contributed by atoms with van der Waals surface area (Å²) in [5.41, 5.74) is 2.40. The molecule has 0 aliphatic heterocycles. The van der Waals surface area contributed by atoms with E-state index in [1.165, 1.54) is 0 Å². The number of carboxylic acid groups (broad SMARTS) is 1. The van der Waals surface area contributed by atoms with Crippen molar-refractivity contribution in [2.75, 3.05) is 5.32 Å². The van der Waals surface area contributed by atoms with E-state index in [4.69, 9.17) is 0 Å². The predicted octanol–water partition coefficient (Wildman–Crippen LogP) is 2.63. The minimum Gasteiger partial charge on any atom is -0.479 e. The van der Waals surface area contributed by atoms with Crippen LogP contribution in [0.25, 0.3) is 0 Å². The zero-order valence-corrected chi connectivity index (χ0v) is 10.00. The summed E-state index contributed by atoms with van der Waals surface area (Å²) in [7, 11) is 0. The molecule has 0 saturated carbocycles. The van der Waals surface area contributed by atoms with Crippen molar-refractivity contribution in [3.05, 3.63) is 59.9 Å². The van der Waals surface area contributed by atoms with Gasteiger partial charge in [-0.05, 0) is 24.1 Å². The van der Waals surface area contributed by atoms with Gasteiger partial charge in [-0.15, -0.1) is 0 Å². The summed E-state index contributed by atoms with van der Waals surface area (Å²) in [6.45, 7) is 1.91. The number of anilines is 1. The molecular weight excluding hydrogens is 228 g/mol. The summed E-state index contributed by atoms with van der Waals surface area (Å²) in [6.07, 6.45) is 3.34. The number of aryl methyl sites for hydroxylation is 1. The number of aromatic nitrogens is 1.